The third-order valence-corrected chi connectivity index (χ3v) is 3.47. The van der Waals surface area contributed by atoms with Gasteiger partial charge in [-0.2, -0.15) is 5.10 Å². The maximum Gasteiger partial charge on any atom is 0.219 e. The lowest BCUT2D eigenvalue weighted by Crippen LogP contribution is -2.14. The first kappa shape index (κ1) is 15.8. The Labute approximate surface area is 127 Å². The van der Waals surface area contributed by atoms with Gasteiger partial charge in [-0.1, -0.05) is 7.43 Å². The number of amides is 1. The number of H-pyrrole nitrogens is 1. The molecule has 5 nitrogen and oxygen atoms in total. The van der Waals surface area contributed by atoms with Crippen LogP contribution in [0.1, 0.15) is 19.5 Å². The highest BCUT2D eigenvalue weighted by molar-refractivity contribution is 5.95. The zero-order chi connectivity index (χ0) is 15.0. The summed E-state index contributed by atoms with van der Waals surface area (Å²) in [5, 5.41) is 5.32. The topological polar surface area (TPSA) is 76.7 Å². The summed E-state index contributed by atoms with van der Waals surface area (Å²) in [5.41, 5.74) is 8.67. The number of aromatic nitrogens is 3. The average Bonchev–Trinajstić information content (AvgIpc) is 2.99. The minimum atomic E-state index is -0.354. The van der Waals surface area contributed by atoms with Crippen LogP contribution in [0.15, 0.2) is 30.6 Å². The van der Waals surface area contributed by atoms with Gasteiger partial charge < -0.3 is 10.7 Å². The summed E-state index contributed by atoms with van der Waals surface area (Å²) < 4.78 is 14.9. The molecule has 116 valence electrons. The van der Waals surface area contributed by atoms with Gasteiger partial charge in [-0.25, -0.2) is 4.39 Å². The molecule has 0 saturated carbocycles. The van der Waals surface area contributed by atoms with Crippen molar-refractivity contribution in [1.29, 1.82) is 0 Å². The van der Waals surface area contributed by atoms with Gasteiger partial charge in [0.1, 0.15) is 5.82 Å². The molecule has 3 aromatic rings. The lowest BCUT2D eigenvalue weighted by molar-refractivity contribution is -0.118. The first-order valence-electron chi connectivity index (χ1n) is 6.64. The van der Waals surface area contributed by atoms with Gasteiger partial charge >= 0.3 is 0 Å². The summed E-state index contributed by atoms with van der Waals surface area (Å²) >= 11 is 0. The first-order chi connectivity index (χ1) is 10.0. The van der Waals surface area contributed by atoms with E-state index in [2.05, 4.69) is 10.1 Å². The second-order valence-corrected chi connectivity index (χ2v) is 5.00. The van der Waals surface area contributed by atoms with Crippen LogP contribution < -0.4 is 5.73 Å². The van der Waals surface area contributed by atoms with Gasteiger partial charge in [0, 0.05) is 47.4 Å². The number of nitrogens with zero attached hydrogens (tertiary/aromatic N) is 2. The van der Waals surface area contributed by atoms with Gasteiger partial charge in [-0.3, -0.25) is 9.48 Å². The summed E-state index contributed by atoms with van der Waals surface area (Å²) in [6.07, 6.45) is 3.97. The Morgan fingerprint density at radius 2 is 2.18 bits per heavy atom. The van der Waals surface area contributed by atoms with Crippen LogP contribution in [0.3, 0.4) is 0 Å². The minimum absolute atomic E-state index is 0. The summed E-state index contributed by atoms with van der Waals surface area (Å²) in [6.45, 7) is 2.35. The summed E-state index contributed by atoms with van der Waals surface area (Å²) in [6, 6.07) is 4.65. The number of fused-ring (bicyclic) bond motifs is 1. The lowest BCUT2D eigenvalue weighted by atomic mass is 10.1. The summed E-state index contributed by atoms with van der Waals surface area (Å²) in [5.74, 6) is -0.628. The van der Waals surface area contributed by atoms with E-state index in [9.17, 15) is 9.18 Å². The second kappa shape index (κ2) is 6.01. The monoisotopic (exact) mass is 302 g/mol. The maximum absolute atomic E-state index is 13.2. The maximum atomic E-state index is 13.2. The Morgan fingerprint density at radius 1 is 1.41 bits per heavy atom. The van der Waals surface area contributed by atoms with Crippen molar-refractivity contribution in [3.63, 3.8) is 0 Å². The molecule has 1 amide bonds. The van der Waals surface area contributed by atoms with Crippen LogP contribution in [0, 0.1) is 12.7 Å². The van der Waals surface area contributed by atoms with E-state index in [1.807, 2.05) is 19.3 Å². The van der Waals surface area contributed by atoms with Crippen LogP contribution in [-0.2, 0) is 11.3 Å². The lowest BCUT2D eigenvalue weighted by Gasteiger charge is -1.97. The molecule has 22 heavy (non-hydrogen) atoms. The molecular weight excluding hydrogens is 283 g/mol. The molecule has 2 aromatic heterocycles. The van der Waals surface area contributed by atoms with Gasteiger partial charge in [-0.15, -0.1) is 0 Å². The normalized spacial score (nSPS) is 10.6. The van der Waals surface area contributed by atoms with Crippen LogP contribution in [0.2, 0.25) is 0 Å². The first-order valence-corrected chi connectivity index (χ1v) is 6.64. The zero-order valence-corrected chi connectivity index (χ0v) is 11.6. The molecule has 0 atom stereocenters. The molecule has 3 rings (SSSR count). The van der Waals surface area contributed by atoms with E-state index in [1.165, 1.54) is 12.1 Å². The Kier molecular flexibility index (Phi) is 4.30. The van der Waals surface area contributed by atoms with Crippen LogP contribution in [0.5, 0.6) is 0 Å². The molecule has 2 heterocycles. The minimum Gasteiger partial charge on any atom is -0.370 e. The van der Waals surface area contributed by atoms with E-state index in [0.717, 1.165) is 27.7 Å². The third kappa shape index (κ3) is 2.86. The highest BCUT2D eigenvalue weighted by Crippen LogP contribution is 2.30. The molecule has 0 spiro atoms. The molecule has 1 aromatic carbocycles. The van der Waals surface area contributed by atoms with Gasteiger partial charge in [0.05, 0.1) is 5.69 Å². The van der Waals surface area contributed by atoms with Crippen molar-refractivity contribution < 1.29 is 9.18 Å². The summed E-state index contributed by atoms with van der Waals surface area (Å²) in [4.78, 5) is 13.9. The smallest absolute Gasteiger partial charge is 0.219 e. The van der Waals surface area contributed by atoms with E-state index >= 15 is 0 Å². The van der Waals surface area contributed by atoms with Crippen molar-refractivity contribution >= 4 is 16.8 Å². The van der Waals surface area contributed by atoms with E-state index < -0.39 is 0 Å². The predicted molar refractivity (Wildman–Crippen MR) is 84.8 cm³/mol. The standard InChI is InChI=1S/C15H15FN4O.CH4/c1-9-13(8-20(19-9)5-4-15(17)21)12-7-18-14-6-10(16)2-3-11(12)14;/h2-3,6-8,18H,4-5H2,1H3,(H2,17,21);1H4. The van der Waals surface area contributed by atoms with Gasteiger partial charge in [0.2, 0.25) is 5.91 Å². The molecule has 0 unspecified atom stereocenters. The molecule has 0 aliphatic carbocycles. The van der Waals surface area contributed by atoms with Crippen LogP contribution >= 0.6 is 0 Å². The van der Waals surface area contributed by atoms with Gasteiger partial charge in [0.25, 0.3) is 0 Å². The number of benzene rings is 1. The number of nitrogens with two attached hydrogens (primary N) is 1. The zero-order valence-electron chi connectivity index (χ0n) is 11.6. The number of hydrogen-bond acceptors (Lipinski definition) is 2. The van der Waals surface area contributed by atoms with Crippen molar-refractivity contribution in [2.45, 2.75) is 27.3 Å². The Bertz CT molecular complexity index is 819. The molecular formula is C16H19FN4O. The predicted octanol–water partition coefficient (Wildman–Crippen LogP) is 2.99. The molecule has 0 aliphatic rings. The number of rotatable bonds is 4. The van der Waals surface area contributed by atoms with Crippen molar-refractivity contribution in [3.8, 4) is 11.1 Å². The van der Waals surface area contributed by atoms with Gasteiger partial charge in [0.15, 0.2) is 0 Å². The molecule has 0 bridgehead atoms. The fourth-order valence-electron chi connectivity index (χ4n) is 2.44. The number of hydrogen-bond donors (Lipinski definition) is 2. The van der Waals surface area contributed by atoms with Gasteiger partial charge in [-0.05, 0) is 25.1 Å². The number of carbonyl (C=O) groups is 1. The van der Waals surface area contributed by atoms with E-state index in [1.54, 1.807) is 10.7 Å². The Morgan fingerprint density at radius 3 is 2.91 bits per heavy atom. The fraction of sp³-hybridized carbons (Fsp3) is 0.250. The van der Waals surface area contributed by atoms with Crippen molar-refractivity contribution in [3.05, 3.63) is 42.1 Å². The molecule has 0 saturated heterocycles. The highest BCUT2D eigenvalue weighted by atomic mass is 19.1. The SMILES string of the molecule is C.Cc1nn(CCC(N)=O)cc1-c1c[nH]c2cc(F)ccc12. The van der Waals surface area contributed by atoms with Crippen molar-refractivity contribution in [1.82, 2.24) is 14.8 Å². The molecule has 0 radical (unpaired) electrons. The number of carbonyl (C=O) groups excluding carboxylic acids is 1. The van der Waals surface area contributed by atoms with E-state index in [0.29, 0.717) is 6.54 Å². The van der Waals surface area contributed by atoms with E-state index in [-0.39, 0.29) is 25.6 Å². The fourth-order valence-corrected chi connectivity index (χ4v) is 2.44. The summed E-state index contributed by atoms with van der Waals surface area (Å²) in [7, 11) is 0. The number of aryl methyl sites for hydroxylation is 2. The average molecular weight is 302 g/mol. The van der Waals surface area contributed by atoms with Crippen LogP contribution in [-0.4, -0.2) is 20.7 Å². The Hall–Kier alpha value is -2.63. The highest BCUT2D eigenvalue weighted by Gasteiger charge is 2.12. The number of halogens is 1. The molecule has 0 fully saturated rings. The largest absolute Gasteiger partial charge is 0.370 e. The van der Waals surface area contributed by atoms with Crippen molar-refractivity contribution in [2.24, 2.45) is 5.73 Å². The van der Waals surface area contributed by atoms with Crippen LogP contribution in [0.25, 0.3) is 22.0 Å². The number of primary amides is 1. The number of aromatic amines is 1. The van der Waals surface area contributed by atoms with Crippen LogP contribution in [0.4, 0.5) is 4.39 Å². The second-order valence-electron chi connectivity index (χ2n) is 5.00. The van der Waals surface area contributed by atoms with Crippen molar-refractivity contribution in [2.75, 3.05) is 0 Å². The molecule has 0 aliphatic heterocycles. The molecule has 3 N–H and O–H groups in total. The quantitative estimate of drug-likeness (QED) is 0.777. The Balaban J connectivity index is 0.00000176. The third-order valence-electron chi connectivity index (χ3n) is 3.47. The molecule has 6 heteroatoms. The number of nitrogens with one attached hydrogen (secondary N) is 1. The van der Waals surface area contributed by atoms with E-state index in [4.69, 9.17) is 5.73 Å².